The quantitative estimate of drug-likeness (QED) is 0.610. The molecule has 88 valence electrons. The van der Waals surface area contributed by atoms with E-state index in [0.29, 0.717) is 23.0 Å². The molecule has 17 heavy (non-hydrogen) atoms. The van der Waals surface area contributed by atoms with Gasteiger partial charge in [0.25, 0.3) is 5.89 Å². The monoisotopic (exact) mass is 231 g/mol. The number of nitrogens with zero attached hydrogens (tertiary/aromatic N) is 2. The molecule has 1 heterocycles. The van der Waals surface area contributed by atoms with E-state index in [1.54, 1.807) is 18.2 Å². The molecular formula is C12H13N3O2. The van der Waals surface area contributed by atoms with E-state index < -0.39 is 0 Å². The van der Waals surface area contributed by atoms with Crippen molar-refractivity contribution in [2.45, 2.75) is 25.2 Å². The molecule has 0 bridgehead atoms. The lowest BCUT2D eigenvalue weighted by atomic mass is 10.1. The van der Waals surface area contributed by atoms with Crippen molar-refractivity contribution < 1.29 is 9.63 Å². The molecule has 2 aromatic rings. The minimum Gasteiger partial charge on any atom is -0.505 e. The molecule has 0 radical (unpaired) electrons. The van der Waals surface area contributed by atoms with Gasteiger partial charge in [-0.1, -0.05) is 18.1 Å². The highest BCUT2D eigenvalue weighted by atomic mass is 16.5. The second kappa shape index (κ2) is 3.23. The molecule has 1 aromatic carbocycles. The first-order valence-corrected chi connectivity index (χ1v) is 5.52. The molecule has 1 saturated carbocycles. The first-order valence-electron chi connectivity index (χ1n) is 5.52. The summed E-state index contributed by atoms with van der Waals surface area (Å²) in [6.45, 7) is 2.10. The summed E-state index contributed by atoms with van der Waals surface area (Å²) in [6, 6.07) is 5.07. The molecule has 0 aliphatic heterocycles. The average molecular weight is 231 g/mol. The molecule has 0 unspecified atom stereocenters. The van der Waals surface area contributed by atoms with Crippen molar-refractivity contribution in [2.75, 3.05) is 5.73 Å². The Kier molecular flexibility index (Phi) is 1.92. The number of hydrogen-bond donors (Lipinski definition) is 2. The molecule has 0 saturated heterocycles. The summed E-state index contributed by atoms with van der Waals surface area (Å²) < 4.78 is 5.18. The van der Waals surface area contributed by atoms with Crippen molar-refractivity contribution in [1.82, 2.24) is 10.1 Å². The van der Waals surface area contributed by atoms with Gasteiger partial charge in [0.1, 0.15) is 0 Å². The van der Waals surface area contributed by atoms with E-state index in [-0.39, 0.29) is 11.2 Å². The van der Waals surface area contributed by atoms with Crippen molar-refractivity contribution in [3.05, 3.63) is 24.0 Å². The van der Waals surface area contributed by atoms with Crippen LogP contribution in [0.3, 0.4) is 0 Å². The molecule has 1 aromatic heterocycles. The zero-order valence-electron chi connectivity index (χ0n) is 9.47. The van der Waals surface area contributed by atoms with Gasteiger partial charge in [-0.25, -0.2) is 0 Å². The maximum atomic E-state index is 9.83. The molecule has 3 N–H and O–H groups in total. The maximum absolute atomic E-state index is 9.83. The van der Waals surface area contributed by atoms with Gasteiger partial charge >= 0.3 is 0 Å². The number of anilines is 1. The van der Waals surface area contributed by atoms with E-state index in [4.69, 9.17) is 10.3 Å². The lowest BCUT2D eigenvalue weighted by Crippen LogP contribution is -2.01. The Morgan fingerprint density at radius 2 is 2.18 bits per heavy atom. The first-order chi connectivity index (χ1) is 8.10. The lowest BCUT2D eigenvalue weighted by Gasteiger charge is -2.01. The van der Waals surface area contributed by atoms with Crippen molar-refractivity contribution in [1.29, 1.82) is 0 Å². The Morgan fingerprint density at radius 3 is 2.88 bits per heavy atom. The zero-order chi connectivity index (χ0) is 12.0. The van der Waals surface area contributed by atoms with Crippen LogP contribution in [0, 0.1) is 0 Å². The third kappa shape index (κ3) is 1.54. The number of benzene rings is 1. The van der Waals surface area contributed by atoms with Crippen LogP contribution < -0.4 is 5.73 Å². The molecular weight excluding hydrogens is 218 g/mol. The van der Waals surface area contributed by atoms with Crippen LogP contribution in [-0.4, -0.2) is 15.2 Å². The van der Waals surface area contributed by atoms with E-state index in [9.17, 15) is 5.11 Å². The number of nitrogen functional groups attached to an aromatic ring is 1. The smallest absolute Gasteiger partial charge is 0.261 e. The largest absolute Gasteiger partial charge is 0.505 e. The third-order valence-electron chi connectivity index (χ3n) is 3.26. The molecule has 5 nitrogen and oxygen atoms in total. The number of para-hydroxylation sites is 1. The van der Waals surface area contributed by atoms with Crippen LogP contribution in [-0.2, 0) is 5.41 Å². The maximum Gasteiger partial charge on any atom is 0.261 e. The molecule has 1 fully saturated rings. The average Bonchev–Trinajstić information content (AvgIpc) is 2.88. The van der Waals surface area contributed by atoms with Gasteiger partial charge in [0.15, 0.2) is 11.6 Å². The number of rotatable bonds is 2. The number of phenols is 1. The van der Waals surface area contributed by atoms with Gasteiger partial charge in [-0.05, 0) is 25.0 Å². The van der Waals surface area contributed by atoms with E-state index in [0.717, 1.165) is 12.8 Å². The van der Waals surface area contributed by atoms with Crippen LogP contribution >= 0.6 is 0 Å². The SMILES string of the molecule is CC1(c2noc(-c3cccc(N)c3O)n2)CC1. The summed E-state index contributed by atoms with van der Waals surface area (Å²) in [5.74, 6) is 1.01. The molecule has 1 aliphatic rings. The van der Waals surface area contributed by atoms with Gasteiger partial charge in [-0.3, -0.25) is 0 Å². The van der Waals surface area contributed by atoms with Crippen molar-refractivity contribution in [2.24, 2.45) is 0 Å². The van der Waals surface area contributed by atoms with Crippen LogP contribution in [0.25, 0.3) is 11.5 Å². The van der Waals surface area contributed by atoms with Gasteiger partial charge in [-0.15, -0.1) is 0 Å². The van der Waals surface area contributed by atoms with Crippen LogP contribution in [0.5, 0.6) is 5.75 Å². The highest BCUT2D eigenvalue weighted by molar-refractivity contribution is 5.71. The highest BCUT2D eigenvalue weighted by Crippen LogP contribution is 2.46. The van der Waals surface area contributed by atoms with Crippen LogP contribution in [0.4, 0.5) is 5.69 Å². The van der Waals surface area contributed by atoms with Gasteiger partial charge in [0, 0.05) is 5.41 Å². The number of aromatic hydroxyl groups is 1. The Balaban J connectivity index is 2.04. The standard InChI is InChI=1S/C12H13N3O2/c1-12(5-6-12)11-14-10(17-15-11)7-3-2-4-8(13)9(7)16/h2-4,16H,5-6,13H2,1H3. The van der Waals surface area contributed by atoms with E-state index >= 15 is 0 Å². The van der Waals surface area contributed by atoms with Gasteiger partial charge < -0.3 is 15.4 Å². The summed E-state index contributed by atoms with van der Waals surface area (Å²) in [6.07, 6.45) is 2.16. The molecule has 0 amide bonds. The fraction of sp³-hybridized carbons (Fsp3) is 0.333. The highest BCUT2D eigenvalue weighted by Gasteiger charge is 2.43. The van der Waals surface area contributed by atoms with E-state index in [1.807, 2.05) is 0 Å². The van der Waals surface area contributed by atoms with Crippen molar-refractivity contribution >= 4 is 5.69 Å². The number of phenolic OH excluding ortho intramolecular Hbond substituents is 1. The Morgan fingerprint density at radius 1 is 1.41 bits per heavy atom. The predicted molar refractivity (Wildman–Crippen MR) is 62.4 cm³/mol. The number of nitrogens with two attached hydrogens (primary N) is 1. The first kappa shape index (κ1) is 10.1. The topological polar surface area (TPSA) is 85.2 Å². The Labute approximate surface area is 98.3 Å². The number of hydrogen-bond acceptors (Lipinski definition) is 5. The second-order valence-corrected chi connectivity index (χ2v) is 4.73. The molecule has 0 atom stereocenters. The molecule has 1 aliphatic carbocycles. The fourth-order valence-electron chi connectivity index (χ4n) is 1.72. The molecule has 3 rings (SSSR count). The van der Waals surface area contributed by atoms with Crippen molar-refractivity contribution in [3.63, 3.8) is 0 Å². The fourth-order valence-corrected chi connectivity index (χ4v) is 1.72. The van der Waals surface area contributed by atoms with Gasteiger partial charge in [0.2, 0.25) is 0 Å². The normalized spacial score (nSPS) is 17.0. The second-order valence-electron chi connectivity index (χ2n) is 4.73. The lowest BCUT2D eigenvalue weighted by molar-refractivity contribution is 0.412. The van der Waals surface area contributed by atoms with Gasteiger partial charge in [0.05, 0.1) is 11.3 Å². The van der Waals surface area contributed by atoms with Crippen LogP contribution in [0.1, 0.15) is 25.6 Å². The molecule has 0 spiro atoms. The zero-order valence-corrected chi connectivity index (χ0v) is 9.47. The molecule has 5 heteroatoms. The third-order valence-corrected chi connectivity index (χ3v) is 3.26. The van der Waals surface area contributed by atoms with Crippen LogP contribution in [0.2, 0.25) is 0 Å². The summed E-state index contributed by atoms with van der Waals surface area (Å²) in [7, 11) is 0. The summed E-state index contributed by atoms with van der Waals surface area (Å²) in [5.41, 5.74) is 6.46. The van der Waals surface area contributed by atoms with Crippen LogP contribution in [0.15, 0.2) is 22.7 Å². The Hall–Kier alpha value is -2.04. The van der Waals surface area contributed by atoms with E-state index in [2.05, 4.69) is 17.1 Å². The van der Waals surface area contributed by atoms with Crippen molar-refractivity contribution in [3.8, 4) is 17.2 Å². The summed E-state index contributed by atoms with van der Waals surface area (Å²) in [5, 5.41) is 13.8. The minimum atomic E-state index is -0.0105. The summed E-state index contributed by atoms with van der Waals surface area (Å²) in [4.78, 5) is 4.32. The van der Waals surface area contributed by atoms with Gasteiger partial charge in [-0.2, -0.15) is 4.98 Å². The summed E-state index contributed by atoms with van der Waals surface area (Å²) >= 11 is 0. The minimum absolute atomic E-state index is 0.0105. The predicted octanol–water partition coefficient (Wildman–Crippen LogP) is 2.08. The van der Waals surface area contributed by atoms with E-state index in [1.165, 1.54) is 0 Å². The number of aromatic nitrogens is 2. The Bertz CT molecular complexity index is 573.